The number of benzene rings is 2. The third-order valence-electron chi connectivity index (χ3n) is 6.48. The van der Waals surface area contributed by atoms with Crippen molar-refractivity contribution in [3.8, 4) is 0 Å². The molecule has 2 aromatic carbocycles. The summed E-state index contributed by atoms with van der Waals surface area (Å²) in [4.78, 5) is 45.0. The molecule has 1 aliphatic rings. The Balaban J connectivity index is 1.63. The van der Waals surface area contributed by atoms with E-state index in [0.717, 1.165) is 24.3 Å². The van der Waals surface area contributed by atoms with Crippen molar-refractivity contribution < 1.29 is 36.6 Å². The van der Waals surface area contributed by atoms with Gasteiger partial charge < -0.3 is 24.3 Å². The zero-order chi connectivity index (χ0) is 27.5. The lowest BCUT2D eigenvalue weighted by Gasteiger charge is -2.36. The molecule has 0 fully saturated rings. The first-order valence-electron chi connectivity index (χ1n) is 11.6. The largest absolute Gasteiger partial charge is 0.429 e. The van der Waals surface area contributed by atoms with Crippen LogP contribution >= 0.6 is 0 Å². The Morgan fingerprint density at radius 1 is 0.974 bits per heavy atom. The van der Waals surface area contributed by atoms with E-state index in [1.54, 1.807) is 13.8 Å². The van der Waals surface area contributed by atoms with Crippen LogP contribution in [0.5, 0.6) is 0 Å². The molecule has 1 unspecified atom stereocenters. The average molecular weight is 531 g/mol. The lowest BCUT2D eigenvalue weighted by atomic mass is 9.94. The van der Waals surface area contributed by atoms with Crippen molar-refractivity contribution in [3.63, 3.8) is 0 Å². The van der Waals surface area contributed by atoms with E-state index in [1.165, 1.54) is 18.0 Å². The first-order chi connectivity index (χ1) is 18.0. The van der Waals surface area contributed by atoms with Crippen molar-refractivity contribution in [2.24, 2.45) is 5.92 Å². The number of rotatable bonds is 4. The van der Waals surface area contributed by atoms with Gasteiger partial charge >= 0.3 is 5.97 Å². The SMILES string of the molecule is CC(C)C(=O)OC1OC[C@@H](N(C)C(=O)c2cc3cc(F)c(F)cc3[nH]2)c2c1[nH]c(=O)c1cc(F)c(F)cc21. The maximum atomic E-state index is 14.3. The molecule has 8 nitrogen and oxygen atoms in total. The summed E-state index contributed by atoms with van der Waals surface area (Å²) in [6.07, 6.45) is -1.37. The zero-order valence-corrected chi connectivity index (χ0v) is 20.3. The summed E-state index contributed by atoms with van der Waals surface area (Å²) in [7, 11) is 1.41. The van der Waals surface area contributed by atoms with Crippen molar-refractivity contribution in [1.29, 1.82) is 0 Å². The highest BCUT2D eigenvalue weighted by Crippen LogP contribution is 2.39. The molecular formula is C26H21F4N3O5. The molecule has 2 atom stereocenters. The Morgan fingerprint density at radius 2 is 1.61 bits per heavy atom. The summed E-state index contributed by atoms with van der Waals surface area (Å²) in [6.45, 7) is 2.95. The Bertz CT molecular complexity index is 1640. The monoisotopic (exact) mass is 531 g/mol. The Kier molecular flexibility index (Phi) is 6.22. The Morgan fingerprint density at radius 3 is 2.29 bits per heavy atom. The van der Waals surface area contributed by atoms with Crippen LogP contribution in [0.25, 0.3) is 21.7 Å². The van der Waals surface area contributed by atoms with E-state index in [0.29, 0.717) is 0 Å². The van der Waals surface area contributed by atoms with E-state index in [4.69, 9.17) is 9.47 Å². The minimum atomic E-state index is -1.37. The molecule has 0 radical (unpaired) electrons. The van der Waals surface area contributed by atoms with Crippen LogP contribution in [0.2, 0.25) is 0 Å². The second-order valence-corrected chi connectivity index (χ2v) is 9.32. The third-order valence-corrected chi connectivity index (χ3v) is 6.48. The van der Waals surface area contributed by atoms with Gasteiger partial charge in [0.2, 0.25) is 6.29 Å². The van der Waals surface area contributed by atoms with Crippen LogP contribution in [-0.4, -0.2) is 40.4 Å². The summed E-state index contributed by atoms with van der Waals surface area (Å²) in [5.41, 5.74) is -0.432. The number of H-pyrrole nitrogens is 2. The summed E-state index contributed by atoms with van der Waals surface area (Å²) in [6, 6.07) is 3.83. The minimum Gasteiger partial charge on any atom is -0.429 e. The molecule has 0 saturated heterocycles. The van der Waals surface area contributed by atoms with Gasteiger partial charge in [0, 0.05) is 29.6 Å². The molecule has 2 N–H and O–H groups in total. The number of aromatic amines is 2. The van der Waals surface area contributed by atoms with Crippen LogP contribution in [0, 0.1) is 29.2 Å². The number of aromatic nitrogens is 2. The van der Waals surface area contributed by atoms with Crippen LogP contribution in [0.4, 0.5) is 17.6 Å². The summed E-state index contributed by atoms with van der Waals surface area (Å²) >= 11 is 0. The van der Waals surface area contributed by atoms with Gasteiger partial charge in [0.25, 0.3) is 11.5 Å². The average Bonchev–Trinajstić information content (AvgIpc) is 3.27. The number of amides is 1. The van der Waals surface area contributed by atoms with E-state index < -0.39 is 59.0 Å². The van der Waals surface area contributed by atoms with Crippen LogP contribution < -0.4 is 5.56 Å². The first-order valence-corrected chi connectivity index (χ1v) is 11.6. The smallest absolute Gasteiger partial charge is 0.310 e. The van der Waals surface area contributed by atoms with Gasteiger partial charge in [-0.3, -0.25) is 14.4 Å². The molecule has 1 aliphatic heterocycles. The lowest BCUT2D eigenvalue weighted by molar-refractivity contribution is -0.192. The molecule has 1 amide bonds. The van der Waals surface area contributed by atoms with Crippen LogP contribution in [0.3, 0.4) is 0 Å². The van der Waals surface area contributed by atoms with Gasteiger partial charge in [-0.1, -0.05) is 13.8 Å². The van der Waals surface area contributed by atoms with E-state index in [-0.39, 0.29) is 45.2 Å². The summed E-state index contributed by atoms with van der Waals surface area (Å²) < 4.78 is 66.8. The van der Waals surface area contributed by atoms with Gasteiger partial charge in [-0.25, -0.2) is 17.6 Å². The highest BCUT2D eigenvalue weighted by molar-refractivity contribution is 5.98. The number of fused-ring (bicyclic) bond motifs is 4. The highest BCUT2D eigenvalue weighted by atomic mass is 19.2. The number of hydrogen-bond acceptors (Lipinski definition) is 5. The molecule has 12 heteroatoms. The Hall–Kier alpha value is -4.19. The maximum Gasteiger partial charge on any atom is 0.310 e. The van der Waals surface area contributed by atoms with E-state index in [1.807, 2.05) is 0 Å². The maximum absolute atomic E-state index is 14.3. The number of likely N-dealkylation sites (N-methyl/N-ethyl adjacent to an activating group) is 1. The van der Waals surface area contributed by atoms with Crippen LogP contribution in [0.15, 0.2) is 35.1 Å². The second kappa shape index (κ2) is 9.28. The van der Waals surface area contributed by atoms with Gasteiger partial charge in [0.1, 0.15) is 5.69 Å². The quantitative estimate of drug-likeness (QED) is 0.296. The fraction of sp³-hybridized carbons (Fsp3) is 0.269. The van der Waals surface area contributed by atoms with Gasteiger partial charge in [-0.15, -0.1) is 0 Å². The number of carbonyl (C=O) groups excluding carboxylic acids is 2. The van der Waals surface area contributed by atoms with E-state index in [9.17, 15) is 31.9 Å². The molecule has 38 heavy (non-hydrogen) atoms. The van der Waals surface area contributed by atoms with E-state index >= 15 is 0 Å². The standard InChI is InChI=1S/C26H21F4N3O5/c1-10(2)25(36)38-26-22-21(12-6-15(28)16(29)7-13(12)23(34)32-22)20(9-37-26)33(3)24(35)19-5-11-4-14(27)17(30)8-18(11)31-19/h4-8,10,20,26,31H,9H2,1-3H3,(H,32,34)/t20-,26?/m1/s1. The summed E-state index contributed by atoms with van der Waals surface area (Å²) in [5, 5.41) is 0.0804. The fourth-order valence-electron chi connectivity index (χ4n) is 4.46. The molecular weight excluding hydrogens is 510 g/mol. The Labute approximate surface area is 212 Å². The van der Waals surface area contributed by atoms with Crippen LogP contribution in [-0.2, 0) is 14.3 Å². The fourth-order valence-corrected chi connectivity index (χ4v) is 4.46. The molecule has 3 heterocycles. The highest BCUT2D eigenvalue weighted by Gasteiger charge is 2.38. The van der Waals surface area contributed by atoms with Crippen molar-refractivity contribution >= 4 is 33.6 Å². The minimum absolute atomic E-state index is 0.00184. The molecule has 5 rings (SSSR count). The number of ether oxygens (including phenoxy) is 2. The second-order valence-electron chi connectivity index (χ2n) is 9.32. The van der Waals surface area contributed by atoms with Crippen molar-refractivity contribution in [1.82, 2.24) is 14.9 Å². The number of nitrogens with zero attached hydrogens (tertiary/aromatic N) is 1. The van der Waals surface area contributed by atoms with Gasteiger partial charge in [-0.05, 0) is 29.7 Å². The normalized spacial score (nSPS) is 17.2. The molecule has 0 bridgehead atoms. The first kappa shape index (κ1) is 25.5. The van der Waals surface area contributed by atoms with Crippen molar-refractivity contribution in [2.75, 3.05) is 13.7 Å². The number of hydrogen-bond donors (Lipinski definition) is 2. The molecule has 0 aliphatic carbocycles. The number of carbonyl (C=O) groups is 2. The molecule has 2 aromatic heterocycles. The lowest BCUT2D eigenvalue weighted by Crippen LogP contribution is -2.39. The predicted molar refractivity (Wildman–Crippen MR) is 127 cm³/mol. The van der Waals surface area contributed by atoms with Crippen molar-refractivity contribution in [3.05, 3.63) is 80.9 Å². The molecule has 0 spiro atoms. The number of halogens is 4. The number of nitrogens with one attached hydrogen (secondary N) is 2. The van der Waals surface area contributed by atoms with E-state index in [2.05, 4.69) is 9.97 Å². The molecule has 0 saturated carbocycles. The number of esters is 1. The van der Waals surface area contributed by atoms with Gasteiger partial charge in [-0.2, -0.15) is 0 Å². The third kappa shape index (κ3) is 4.20. The van der Waals surface area contributed by atoms with Crippen molar-refractivity contribution in [2.45, 2.75) is 26.2 Å². The topological polar surface area (TPSA) is 104 Å². The van der Waals surface area contributed by atoms with Gasteiger partial charge in [0.05, 0.1) is 29.6 Å². The molecule has 4 aromatic rings. The van der Waals surface area contributed by atoms with Crippen LogP contribution in [0.1, 0.15) is 47.9 Å². The predicted octanol–water partition coefficient (Wildman–Crippen LogP) is 4.61. The summed E-state index contributed by atoms with van der Waals surface area (Å²) in [5.74, 6) is -6.41. The zero-order valence-electron chi connectivity index (χ0n) is 20.3. The molecule has 198 valence electrons. The number of pyridine rings is 1. The van der Waals surface area contributed by atoms with Gasteiger partial charge in [0.15, 0.2) is 23.3 Å².